The van der Waals surface area contributed by atoms with E-state index in [2.05, 4.69) is 4.98 Å². The number of benzene rings is 1. The third-order valence-electron chi connectivity index (χ3n) is 3.30. The lowest BCUT2D eigenvalue weighted by Gasteiger charge is -2.30. The van der Waals surface area contributed by atoms with E-state index in [-0.39, 0.29) is 5.41 Å². The van der Waals surface area contributed by atoms with Crippen molar-refractivity contribution in [2.75, 3.05) is 0 Å². The minimum absolute atomic E-state index is 0.361. The average molecular weight is 230 g/mol. The number of nitrogens with zero attached hydrogens (tertiary/aromatic N) is 2. The quantitative estimate of drug-likeness (QED) is 0.879. The van der Waals surface area contributed by atoms with Gasteiger partial charge in [0.15, 0.2) is 0 Å². The maximum atomic E-state index is 10.5. The number of aromatic nitrogens is 2. The Morgan fingerprint density at radius 1 is 1.24 bits per heavy atom. The first-order chi connectivity index (χ1) is 8.03. The van der Waals surface area contributed by atoms with Crippen molar-refractivity contribution in [3.05, 3.63) is 54.1 Å². The van der Waals surface area contributed by atoms with Gasteiger partial charge in [0, 0.05) is 24.9 Å². The molecule has 3 nitrogen and oxygen atoms in total. The average Bonchev–Trinajstić information content (AvgIpc) is 2.75. The van der Waals surface area contributed by atoms with Gasteiger partial charge in [0.05, 0.1) is 0 Å². The zero-order chi connectivity index (χ0) is 12.5. The summed E-state index contributed by atoms with van der Waals surface area (Å²) < 4.78 is 1.86. The van der Waals surface area contributed by atoms with Gasteiger partial charge in [0.2, 0.25) is 0 Å². The normalized spacial score (nSPS) is 13.6. The third kappa shape index (κ3) is 2.11. The largest absolute Gasteiger partial charge is 0.384 e. The molecule has 1 atom stereocenters. The monoisotopic (exact) mass is 230 g/mol. The molecular formula is C14H18N2O. The fraction of sp³-hybridized carbons (Fsp3) is 0.357. The third-order valence-corrected chi connectivity index (χ3v) is 3.30. The highest BCUT2D eigenvalue weighted by molar-refractivity contribution is 5.26. The van der Waals surface area contributed by atoms with Gasteiger partial charge in [-0.15, -0.1) is 0 Å². The lowest BCUT2D eigenvalue weighted by molar-refractivity contribution is 0.0891. The topological polar surface area (TPSA) is 38.0 Å². The molecule has 1 heterocycles. The van der Waals surface area contributed by atoms with Crippen molar-refractivity contribution < 1.29 is 5.11 Å². The van der Waals surface area contributed by atoms with Gasteiger partial charge in [-0.2, -0.15) is 0 Å². The Balaban J connectivity index is 2.37. The van der Waals surface area contributed by atoms with Crippen LogP contribution >= 0.6 is 0 Å². The Hall–Kier alpha value is -1.61. The van der Waals surface area contributed by atoms with Crippen molar-refractivity contribution in [1.82, 2.24) is 9.55 Å². The fourth-order valence-corrected chi connectivity index (χ4v) is 1.99. The molecule has 1 aromatic carbocycles. The Bertz CT molecular complexity index is 488. The van der Waals surface area contributed by atoms with Crippen molar-refractivity contribution in [3.63, 3.8) is 0 Å². The number of imidazole rings is 1. The van der Waals surface area contributed by atoms with Crippen LogP contribution in [-0.4, -0.2) is 14.7 Å². The highest BCUT2D eigenvalue weighted by Gasteiger charge is 2.33. The van der Waals surface area contributed by atoms with Crippen LogP contribution in [0.1, 0.15) is 31.3 Å². The molecule has 2 aromatic rings. The van der Waals surface area contributed by atoms with E-state index in [9.17, 15) is 5.11 Å². The van der Waals surface area contributed by atoms with Crippen LogP contribution in [-0.2, 0) is 12.5 Å². The first kappa shape index (κ1) is 11.9. The van der Waals surface area contributed by atoms with Gasteiger partial charge < -0.3 is 9.67 Å². The van der Waals surface area contributed by atoms with Gasteiger partial charge in [-0.3, -0.25) is 0 Å². The number of aliphatic hydroxyl groups is 1. The van der Waals surface area contributed by atoms with Crippen molar-refractivity contribution >= 4 is 0 Å². The number of hydrogen-bond donors (Lipinski definition) is 1. The number of aryl methyl sites for hydroxylation is 1. The lowest BCUT2D eigenvalue weighted by Crippen LogP contribution is -2.28. The van der Waals surface area contributed by atoms with Crippen molar-refractivity contribution in [2.45, 2.75) is 25.4 Å². The molecule has 2 rings (SSSR count). The minimum atomic E-state index is -0.620. The molecule has 1 unspecified atom stereocenters. The summed E-state index contributed by atoms with van der Waals surface area (Å²) in [6.07, 6.45) is 2.93. The predicted molar refractivity (Wildman–Crippen MR) is 67.6 cm³/mol. The summed E-state index contributed by atoms with van der Waals surface area (Å²) in [4.78, 5) is 4.22. The summed E-state index contributed by atoms with van der Waals surface area (Å²) in [5.74, 6) is 0.693. The van der Waals surface area contributed by atoms with E-state index >= 15 is 0 Å². The second-order valence-corrected chi connectivity index (χ2v) is 4.89. The van der Waals surface area contributed by atoms with E-state index in [4.69, 9.17) is 0 Å². The first-order valence-electron chi connectivity index (χ1n) is 5.74. The van der Waals surface area contributed by atoms with E-state index in [1.807, 2.05) is 62.0 Å². The Labute approximate surface area is 102 Å². The molecule has 90 valence electrons. The van der Waals surface area contributed by atoms with Gasteiger partial charge in [-0.05, 0) is 5.56 Å². The van der Waals surface area contributed by atoms with E-state index in [0.717, 1.165) is 5.56 Å². The molecule has 0 aliphatic heterocycles. The molecule has 0 bridgehead atoms. The summed E-state index contributed by atoms with van der Waals surface area (Å²) in [7, 11) is 1.90. The predicted octanol–water partition coefficient (Wildman–Crippen LogP) is 2.43. The van der Waals surface area contributed by atoms with Crippen LogP contribution in [0.15, 0.2) is 42.7 Å². The summed E-state index contributed by atoms with van der Waals surface area (Å²) >= 11 is 0. The summed E-state index contributed by atoms with van der Waals surface area (Å²) in [6, 6.07) is 10.0. The summed E-state index contributed by atoms with van der Waals surface area (Å²) in [6.45, 7) is 4.06. The molecule has 3 heteroatoms. The molecule has 0 spiro atoms. The van der Waals surface area contributed by atoms with Crippen molar-refractivity contribution in [3.8, 4) is 0 Å². The van der Waals surface area contributed by atoms with E-state index in [1.165, 1.54) is 0 Å². The van der Waals surface area contributed by atoms with Crippen LogP contribution in [0.5, 0.6) is 0 Å². The summed E-state index contributed by atoms with van der Waals surface area (Å²) in [5.41, 5.74) is 0.746. The van der Waals surface area contributed by atoms with E-state index in [1.54, 1.807) is 6.20 Å². The van der Waals surface area contributed by atoms with Crippen LogP contribution in [0.4, 0.5) is 0 Å². The first-order valence-corrected chi connectivity index (χ1v) is 5.74. The van der Waals surface area contributed by atoms with Gasteiger partial charge in [-0.25, -0.2) is 4.98 Å². The van der Waals surface area contributed by atoms with Crippen LogP contribution in [0.3, 0.4) is 0 Å². The van der Waals surface area contributed by atoms with Gasteiger partial charge in [0.1, 0.15) is 11.9 Å². The van der Waals surface area contributed by atoms with E-state index in [0.29, 0.717) is 5.82 Å². The Morgan fingerprint density at radius 3 is 2.41 bits per heavy atom. The molecule has 1 N–H and O–H groups in total. The molecule has 0 aliphatic rings. The zero-order valence-electron chi connectivity index (χ0n) is 10.5. The molecule has 1 aromatic heterocycles. The van der Waals surface area contributed by atoms with Crippen molar-refractivity contribution in [2.24, 2.45) is 7.05 Å². The van der Waals surface area contributed by atoms with Gasteiger partial charge >= 0.3 is 0 Å². The number of rotatable bonds is 3. The molecule has 17 heavy (non-hydrogen) atoms. The number of hydrogen-bond acceptors (Lipinski definition) is 2. The molecule has 0 aliphatic carbocycles. The van der Waals surface area contributed by atoms with E-state index < -0.39 is 6.10 Å². The standard InChI is InChI=1S/C14H18N2O/c1-14(2,11-7-5-4-6-8-11)12(17)13-15-9-10-16(13)3/h4-10,12,17H,1-3H3. The van der Waals surface area contributed by atoms with Gasteiger partial charge in [-0.1, -0.05) is 44.2 Å². The molecule has 0 saturated carbocycles. The number of aliphatic hydroxyl groups excluding tert-OH is 1. The maximum Gasteiger partial charge on any atom is 0.138 e. The smallest absolute Gasteiger partial charge is 0.138 e. The minimum Gasteiger partial charge on any atom is -0.384 e. The molecule has 0 saturated heterocycles. The molecule has 0 fully saturated rings. The maximum absolute atomic E-state index is 10.5. The van der Waals surface area contributed by atoms with Crippen LogP contribution in [0, 0.1) is 0 Å². The van der Waals surface area contributed by atoms with Gasteiger partial charge in [0.25, 0.3) is 0 Å². The fourth-order valence-electron chi connectivity index (χ4n) is 1.99. The SMILES string of the molecule is Cn1ccnc1C(O)C(C)(C)c1ccccc1. The zero-order valence-corrected chi connectivity index (χ0v) is 10.5. The molecule has 0 radical (unpaired) electrons. The second kappa shape index (κ2) is 4.34. The van der Waals surface area contributed by atoms with Crippen LogP contribution in [0.2, 0.25) is 0 Å². The van der Waals surface area contributed by atoms with Crippen molar-refractivity contribution in [1.29, 1.82) is 0 Å². The summed E-state index contributed by atoms with van der Waals surface area (Å²) in [5, 5.41) is 10.5. The van der Waals surface area contributed by atoms with Crippen LogP contribution in [0.25, 0.3) is 0 Å². The second-order valence-electron chi connectivity index (χ2n) is 4.89. The molecular weight excluding hydrogens is 212 g/mol. The highest BCUT2D eigenvalue weighted by atomic mass is 16.3. The Kier molecular flexibility index (Phi) is 3.03. The molecule has 0 amide bonds. The highest BCUT2D eigenvalue weighted by Crippen LogP contribution is 2.35. The van der Waals surface area contributed by atoms with Crippen LogP contribution < -0.4 is 0 Å². The lowest BCUT2D eigenvalue weighted by atomic mass is 9.79. The Morgan fingerprint density at radius 2 is 1.88 bits per heavy atom.